The standard InChI is InChI=1S/C34H44O4/c1-26(11-8-16-27-12-4-2-5-13-27)38-31-20-21-32(34(24-31)37-25-28-14-6-3-7-15-28)33-23-30(36)19-9-17-29(33)18-10-22-35/h2-7,12-15,20-21,24,26,29-30,33,35-36H,8-11,16-19,22-23,25H2,1H3/t26-,29?,30?,33?/m1/s1. The van der Waals surface area contributed by atoms with Gasteiger partial charge in [-0.3, -0.25) is 0 Å². The van der Waals surface area contributed by atoms with Crippen LogP contribution in [0.25, 0.3) is 0 Å². The average Bonchev–Trinajstić information content (AvgIpc) is 3.12. The predicted molar refractivity (Wildman–Crippen MR) is 154 cm³/mol. The van der Waals surface area contributed by atoms with Crippen molar-refractivity contribution < 1.29 is 19.7 Å². The first kappa shape index (κ1) is 28.2. The van der Waals surface area contributed by atoms with Crippen molar-refractivity contribution in [3.8, 4) is 11.5 Å². The summed E-state index contributed by atoms with van der Waals surface area (Å²) in [6.45, 7) is 2.83. The molecule has 0 spiro atoms. The quantitative estimate of drug-likeness (QED) is 0.232. The van der Waals surface area contributed by atoms with Crippen molar-refractivity contribution in [1.29, 1.82) is 0 Å². The van der Waals surface area contributed by atoms with E-state index in [1.54, 1.807) is 0 Å². The normalized spacial score (nSPS) is 20.4. The van der Waals surface area contributed by atoms with Crippen molar-refractivity contribution in [2.45, 2.75) is 89.4 Å². The van der Waals surface area contributed by atoms with Crippen LogP contribution in [0.3, 0.4) is 0 Å². The summed E-state index contributed by atoms with van der Waals surface area (Å²) in [5.41, 5.74) is 3.63. The van der Waals surface area contributed by atoms with Crippen molar-refractivity contribution in [3.63, 3.8) is 0 Å². The van der Waals surface area contributed by atoms with E-state index < -0.39 is 0 Å². The predicted octanol–water partition coefficient (Wildman–Crippen LogP) is 7.46. The molecular weight excluding hydrogens is 472 g/mol. The Balaban J connectivity index is 1.50. The Bertz CT molecular complexity index is 1070. The maximum Gasteiger partial charge on any atom is 0.126 e. The van der Waals surface area contributed by atoms with Crippen LogP contribution >= 0.6 is 0 Å². The maximum atomic E-state index is 10.7. The summed E-state index contributed by atoms with van der Waals surface area (Å²) in [5.74, 6) is 2.28. The number of aliphatic hydroxyl groups is 2. The largest absolute Gasteiger partial charge is 0.491 e. The number of ether oxygens (including phenoxy) is 2. The van der Waals surface area contributed by atoms with Gasteiger partial charge < -0.3 is 19.7 Å². The maximum absolute atomic E-state index is 10.7. The van der Waals surface area contributed by atoms with Crippen molar-refractivity contribution in [2.24, 2.45) is 5.92 Å². The van der Waals surface area contributed by atoms with Crippen LogP contribution < -0.4 is 9.47 Å². The second-order valence-electron chi connectivity index (χ2n) is 10.8. The van der Waals surface area contributed by atoms with Gasteiger partial charge in [-0.15, -0.1) is 0 Å². The second-order valence-corrected chi connectivity index (χ2v) is 10.8. The molecule has 1 fully saturated rings. The highest BCUT2D eigenvalue weighted by molar-refractivity contribution is 5.43. The summed E-state index contributed by atoms with van der Waals surface area (Å²) in [5, 5.41) is 20.2. The molecule has 3 aromatic rings. The Labute approximate surface area is 228 Å². The molecule has 0 heterocycles. The van der Waals surface area contributed by atoms with Gasteiger partial charge in [0.1, 0.15) is 18.1 Å². The third-order valence-corrected chi connectivity index (χ3v) is 7.82. The van der Waals surface area contributed by atoms with Gasteiger partial charge in [0.2, 0.25) is 0 Å². The van der Waals surface area contributed by atoms with Crippen molar-refractivity contribution in [2.75, 3.05) is 6.61 Å². The van der Waals surface area contributed by atoms with Crippen LogP contribution in [0.2, 0.25) is 0 Å². The molecule has 0 aromatic heterocycles. The minimum absolute atomic E-state index is 0.101. The van der Waals surface area contributed by atoms with Gasteiger partial charge in [-0.2, -0.15) is 0 Å². The molecule has 4 nitrogen and oxygen atoms in total. The van der Waals surface area contributed by atoms with E-state index in [0.717, 1.165) is 80.4 Å². The molecule has 1 aliphatic rings. The Hall–Kier alpha value is -2.82. The van der Waals surface area contributed by atoms with Crippen LogP contribution in [0.15, 0.2) is 78.9 Å². The molecule has 3 unspecified atom stereocenters. The first-order chi connectivity index (χ1) is 18.6. The summed E-state index contributed by atoms with van der Waals surface area (Å²) in [4.78, 5) is 0. The second kappa shape index (κ2) is 14.9. The molecule has 4 heteroatoms. The van der Waals surface area contributed by atoms with Crippen molar-refractivity contribution >= 4 is 0 Å². The van der Waals surface area contributed by atoms with Gasteiger partial charge in [-0.25, -0.2) is 0 Å². The number of benzene rings is 3. The Kier molecular flexibility index (Phi) is 11.1. The molecule has 4 rings (SSSR count). The Morgan fingerprint density at radius 1 is 0.895 bits per heavy atom. The van der Waals surface area contributed by atoms with Gasteiger partial charge in [-0.05, 0) is 92.9 Å². The highest BCUT2D eigenvalue weighted by Crippen LogP contribution is 2.44. The zero-order valence-corrected chi connectivity index (χ0v) is 22.8. The molecule has 1 saturated carbocycles. The lowest BCUT2D eigenvalue weighted by atomic mass is 9.79. The summed E-state index contributed by atoms with van der Waals surface area (Å²) >= 11 is 0. The van der Waals surface area contributed by atoms with Gasteiger partial charge in [-0.1, -0.05) is 73.2 Å². The monoisotopic (exact) mass is 516 g/mol. The molecule has 0 saturated heterocycles. The summed E-state index contributed by atoms with van der Waals surface area (Å²) < 4.78 is 12.8. The van der Waals surface area contributed by atoms with E-state index in [9.17, 15) is 10.2 Å². The fraction of sp³-hybridized carbons (Fsp3) is 0.471. The summed E-state index contributed by atoms with van der Waals surface area (Å²) in [6.07, 6.45) is 8.32. The number of aliphatic hydroxyl groups excluding tert-OH is 2. The topological polar surface area (TPSA) is 58.9 Å². The zero-order valence-electron chi connectivity index (χ0n) is 22.8. The molecule has 0 radical (unpaired) electrons. The fourth-order valence-corrected chi connectivity index (χ4v) is 5.78. The molecule has 38 heavy (non-hydrogen) atoms. The lowest BCUT2D eigenvalue weighted by molar-refractivity contribution is 0.146. The first-order valence-corrected chi connectivity index (χ1v) is 14.4. The lowest BCUT2D eigenvalue weighted by Crippen LogP contribution is -2.18. The van der Waals surface area contributed by atoms with Crippen LogP contribution in [0, 0.1) is 5.92 Å². The van der Waals surface area contributed by atoms with Crippen LogP contribution in [0.4, 0.5) is 0 Å². The molecule has 2 N–H and O–H groups in total. The molecule has 1 aliphatic carbocycles. The molecule has 3 aromatic carbocycles. The summed E-state index contributed by atoms with van der Waals surface area (Å²) in [6, 6.07) is 27.1. The van der Waals surface area contributed by atoms with E-state index in [4.69, 9.17) is 9.47 Å². The zero-order chi connectivity index (χ0) is 26.6. The third kappa shape index (κ3) is 8.61. The number of rotatable bonds is 13. The van der Waals surface area contributed by atoms with Gasteiger partial charge >= 0.3 is 0 Å². The lowest BCUT2D eigenvalue weighted by Gasteiger charge is -2.28. The van der Waals surface area contributed by atoms with E-state index >= 15 is 0 Å². The van der Waals surface area contributed by atoms with E-state index in [2.05, 4.69) is 61.5 Å². The number of hydrogen-bond donors (Lipinski definition) is 2. The smallest absolute Gasteiger partial charge is 0.126 e. The highest BCUT2D eigenvalue weighted by Gasteiger charge is 2.31. The minimum Gasteiger partial charge on any atom is -0.491 e. The molecule has 0 bridgehead atoms. The van der Waals surface area contributed by atoms with Crippen LogP contribution in [-0.2, 0) is 13.0 Å². The van der Waals surface area contributed by atoms with Gasteiger partial charge in [0.25, 0.3) is 0 Å². The highest BCUT2D eigenvalue weighted by atomic mass is 16.5. The van der Waals surface area contributed by atoms with Crippen LogP contribution in [0.1, 0.15) is 80.9 Å². The van der Waals surface area contributed by atoms with Crippen LogP contribution in [-0.4, -0.2) is 29.0 Å². The minimum atomic E-state index is -0.304. The molecule has 4 atom stereocenters. The third-order valence-electron chi connectivity index (χ3n) is 7.82. The summed E-state index contributed by atoms with van der Waals surface area (Å²) in [7, 11) is 0. The van der Waals surface area contributed by atoms with Crippen LogP contribution in [0.5, 0.6) is 11.5 Å². The molecule has 204 valence electrons. The van der Waals surface area contributed by atoms with E-state index in [1.165, 1.54) is 5.56 Å². The van der Waals surface area contributed by atoms with Crippen molar-refractivity contribution in [1.82, 2.24) is 0 Å². The average molecular weight is 517 g/mol. The number of aryl methyl sites for hydroxylation is 1. The Morgan fingerprint density at radius 3 is 2.37 bits per heavy atom. The van der Waals surface area contributed by atoms with Gasteiger partial charge in [0, 0.05) is 12.7 Å². The first-order valence-electron chi connectivity index (χ1n) is 14.4. The Morgan fingerprint density at radius 2 is 1.63 bits per heavy atom. The SMILES string of the molecule is C[C@H](CCCc1ccccc1)Oc1ccc(C2CC(O)CCCC2CCCO)c(OCc2ccccc2)c1. The van der Waals surface area contributed by atoms with Gasteiger partial charge in [0.05, 0.1) is 12.2 Å². The van der Waals surface area contributed by atoms with E-state index in [0.29, 0.717) is 12.5 Å². The van der Waals surface area contributed by atoms with E-state index in [1.807, 2.05) is 24.3 Å². The number of hydrogen-bond acceptors (Lipinski definition) is 4. The molecule has 0 aliphatic heterocycles. The van der Waals surface area contributed by atoms with Gasteiger partial charge in [0.15, 0.2) is 0 Å². The molecule has 0 amide bonds. The van der Waals surface area contributed by atoms with Crippen molar-refractivity contribution in [3.05, 3.63) is 95.6 Å². The van der Waals surface area contributed by atoms with E-state index in [-0.39, 0.29) is 24.7 Å². The fourth-order valence-electron chi connectivity index (χ4n) is 5.78. The molecular formula is C34H44O4.